The maximum Gasteiger partial charge on any atom is 0.0859 e. The molecule has 0 aromatic heterocycles. The summed E-state index contributed by atoms with van der Waals surface area (Å²) < 4.78 is 12.4. The van der Waals surface area contributed by atoms with Gasteiger partial charge in [-0.1, -0.05) is 25.7 Å². The first-order valence-electron chi connectivity index (χ1n) is 8.19. The van der Waals surface area contributed by atoms with Crippen LogP contribution in [0.25, 0.3) is 0 Å². The standard InChI is InChI=1S/C16H29NO2/c1-12-8-16(9-13(2)18-12)11-17-10-15(19-16)7-14-5-3-4-6-14/h12-15,17H,3-11H2,1-2H3. The lowest BCUT2D eigenvalue weighted by Gasteiger charge is -2.48. The van der Waals surface area contributed by atoms with E-state index in [1.807, 2.05) is 0 Å². The maximum absolute atomic E-state index is 6.58. The molecule has 3 fully saturated rings. The van der Waals surface area contributed by atoms with Gasteiger partial charge in [-0.3, -0.25) is 0 Å². The van der Waals surface area contributed by atoms with E-state index in [0.717, 1.165) is 31.8 Å². The van der Waals surface area contributed by atoms with Crippen LogP contribution in [0.15, 0.2) is 0 Å². The zero-order chi connectivity index (χ0) is 13.3. The lowest BCUT2D eigenvalue weighted by atomic mass is 9.85. The molecule has 3 atom stereocenters. The summed E-state index contributed by atoms with van der Waals surface area (Å²) in [5.41, 5.74) is 0.0403. The second kappa shape index (κ2) is 5.71. The van der Waals surface area contributed by atoms with Gasteiger partial charge < -0.3 is 14.8 Å². The van der Waals surface area contributed by atoms with Crippen LogP contribution < -0.4 is 5.32 Å². The van der Waals surface area contributed by atoms with Crippen molar-refractivity contribution in [1.82, 2.24) is 5.32 Å². The van der Waals surface area contributed by atoms with Gasteiger partial charge in [0.05, 0.1) is 23.9 Å². The van der Waals surface area contributed by atoms with Gasteiger partial charge in [0.15, 0.2) is 0 Å². The highest BCUT2D eigenvalue weighted by Gasteiger charge is 2.43. The minimum absolute atomic E-state index is 0.0403. The fourth-order valence-corrected chi connectivity index (χ4v) is 4.51. The van der Waals surface area contributed by atoms with E-state index >= 15 is 0 Å². The Morgan fingerprint density at radius 2 is 1.79 bits per heavy atom. The van der Waals surface area contributed by atoms with Crippen molar-refractivity contribution in [3.63, 3.8) is 0 Å². The van der Waals surface area contributed by atoms with Crippen LogP contribution in [0.3, 0.4) is 0 Å². The first-order chi connectivity index (χ1) is 9.15. The molecule has 2 aliphatic heterocycles. The Morgan fingerprint density at radius 3 is 2.47 bits per heavy atom. The van der Waals surface area contributed by atoms with E-state index in [9.17, 15) is 0 Å². The maximum atomic E-state index is 6.58. The van der Waals surface area contributed by atoms with Gasteiger partial charge >= 0.3 is 0 Å². The third-order valence-corrected chi connectivity index (χ3v) is 5.09. The molecule has 0 amide bonds. The summed E-state index contributed by atoms with van der Waals surface area (Å²) in [6.07, 6.45) is 10.1. The van der Waals surface area contributed by atoms with Crippen LogP contribution in [-0.4, -0.2) is 37.0 Å². The Balaban J connectivity index is 1.60. The Bertz CT molecular complexity index is 291. The normalized spacial score (nSPS) is 44.8. The average molecular weight is 267 g/mol. The number of nitrogens with one attached hydrogen (secondary N) is 1. The van der Waals surface area contributed by atoms with E-state index in [1.165, 1.54) is 32.1 Å². The van der Waals surface area contributed by atoms with E-state index < -0.39 is 0 Å². The van der Waals surface area contributed by atoms with E-state index in [2.05, 4.69) is 19.2 Å². The monoisotopic (exact) mass is 267 g/mol. The number of hydrogen-bond acceptors (Lipinski definition) is 3. The van der Waals surface area contributed by atoms with Crippen LogP contribution in [0.4, 0.5) is 0 Å². The zero-order valence-corrected chi connectivity index (χ0v) is 12.5. The van der Waals surface area contributed by atoms with Crippen LogP contribution in [0.1, 0.15) is 58.8 Å². The highest BCUT2D eigenvalue weighted by atomic mass is 16.5. The number of ether oxygens (including phenoxy) is 2. The quantitative estimate of drug-likeness (QED) is 0.834. The largest absolute Gasteiger partial charge is 0.375 e. The van der Waals surface area contributed by atoms with E-state index in [4.69, 9.17) is 9.47 Å². The predicted molar refractivity (Wildman–Crippen MR) is 76.3 cm³/mol. The summed E-state index contributed by atoms with van der Waals surface area (Å²) in [6.45, 7) is 6.41. The van der Waals surface area contributed by atoms with E-state index in [1.54, 1.807) is 0 Å². The summed E-state index contributed by atoms with van der Waals surface area (Å²) in [4.78, 5) is 0. The van der Waals surface area contributed by atoms with E-state index in [0.29, 0.717) is 18.3 Å². The molecule has 3 unspecified atom stereocenters. The van der Waals surface area contributed by atoms with Gasteiger partial charge in [-0.05, 0) is 26.2 Å². The molecule has 110 valence electrons. The molecule has 1 spiro atoms. The molecule has 0 radical (unpaired) electrons. The van der Waals surface area contributed by atoms with Gasteiger partial charge in [-0.25, -0.2) is 0 Å². The lowest BCUT2D eigenvalue weighted by Crippen LogP contribution is -2.58. The second-order valence-corrected chi connectivity index (χ2v) is 7.11. The number of hydrogen-bond donors (Lipinski definition) is 1. The van der Waals surface area contributed by atoms with Crippen molar-refractivity contribution < 1.29 is 9.47 Å². The molecule has 19 heavy (non-hydrogen) atoms. The van der Waals surface area contributed by atoms with Gasteiger partial charge in [0, 0.05) is 25.9 Å². The van der Waals surface area contributed by atoms with Gasteiger partial charge in [0.2, 0.25) is 0 Å². The molecule has 2 saturated heterocycles. The van der Waals surface area contributed by atoms with Crippen molar-refractivity contribution >= 4 is 0 Å². The fraction of sp³-hybridized carbons (Fsp3) is 1.00. The molecule has 0 aromatic rings. The Kier molecular flexibility index (Phi) is 4.16. The topological polar surface area (TPSA) is 30.5 Å². The number of rotatable bonds is 2. The van der Waals surface area contributed by atoms with Gasteiger partial charge in [0.25, 0.3) is 0 Å². The third-order valence-electron chi connectivity index (χ3n) is 5.09. The van der Waals surface area contributed by atoms with Crippen molar-refractivity contribution in [2.45, 2.75) is 82.7 Å². The van der Waals surface area contributed by atoms with Crippen molar-refractivity contribution in [2.75, 3.05) is 13.1 Å². The minimum Gasteiger partial charge on any atom is -0.375 e. The van der Waals surface area contributed by atoms with Crippen LogP contribution in [-0.2, 0) is 9.47 Å². The van der Waals surface area contributed by atoms with Crippen LogP contribution in [0.5, 0.6) is 0 Å². The first-order valence-corrected chi connectivity index (χ1v) is 8.19. The predicted octanol–water partition coefficient (Wildman–Crippen LogP) is 2.88. The van der Waals surface area contributed by atoms with Crippen LogP contribution >= 0.6 is 0 Å². The van der Waals surface area contributed by atoms with Crippen molar-refractivity contribution in [3.8, 4) is 0 Å². The van der Waals surface area contributed by atoms with Gasteiger partial charge in [-0.2, -0.15) is 0 Å². The number of morpholine rings is 1. The third kappa shape index (κ3) is 3.32. The Morgan fingerprint density at radius 1 is 1.11 bits per heavy atom. The van der Waals surface area contributed by atoms with Crippen LogP contribution in [0, 0.1) is 5.92 Å². The molecule has 3 aliphatic rings. The smallest absolute Gasteiger partial charge is 0.0859 e. The summed E-state index contributed by atoms with van der Waals surface area (Å²) in [5, 5.41) is 3.63. The molecule has 0 aromatic carbocycles. The van der Waals surface area contributed by atoms with Crippen molar-refractivity contribution in [2.24, 2.45) is 5.92 Å². The Labute approximate surface area is 117 Å². The van der Waals surface area contributed by atoms with Crippen LogP contribution in [0.2, 0.25) is 0 Å². The molecular formula is C16H29NO2. The molecule has 3 nitrogen and oxygen atoms in total. The molecule has 1 saturated carbocycles. The average Bonchev–Trinajstić information content (AvgIpc) is 2.79. The summed E-state index contributed by atoms with van der Waals surface area (Å²) >= 11 is 0. The SMILES string of the molecule is CC1CC2(CNCC(CC3CCCC3)O2)CC(C)O1. The fourth-order valence-electron chi connectivity index (χ4n) is 4.51. The minimum atomic E-state index is 0.0403. The first kappa shape index (κ1) is 13.8. The molecule has 3 rings (SSSR count). The summed E-state index contributed by atoms with van der Waals surface area (Å²) in [5.74, 6) is 0.914. The zero-order valence-electron chi connectivity index (χ0n) is 12.5. The molecule has 3 heteroatoms. The van der Waals surface area contributed by atoms with Gasteiger partial charge in [-0.15, -0.1) is 0 Å². The second-order valence-electron chi connectivity index (χ2n) is 7.11. The molecule has 2 heterocycles. The lowest BCUT2D eigenvalue weighted by molar-refractivity contribution is -0.195. The van der Waals surface area contributed by atoms with Gasteiger partial charge in [0.1, 0.15) is 0 Å². The molecule has 1 N–H and O–H groups in total. The summed E-state index contributed by atoms with van der Waals surface area (Å²) in [6, 6.07) is 0. The highest BCUT2D eigenvalue weighted by Crippen LogP contribution is 2.37. The Hall–Kier alpha value is -0.120. The molecule has 1 aliphatic carbocycles. The van der Waals surface area contributed by atoms with Crippen molar-refractivity contribution in [1.29, 1.82) is 0 Å². The molecule has 0 bridgehead atoms. The van der Waals surface area contributed by atoms with Crippen molar-refractivity contribution in [3.05, 3.63) is 0 Å². The van der Waals surface area contributed by atoms with E-state index in [-0.39, 0.29) is 5.60 Å². The summed E-state index contributed by atoms with van der Waals surface area (Å²) in [7, 11) is 0. The molecular weight excluding hydrogens is 238 g/mol. The highest BCUT2D eigenvalue weighted by molar-refractivity contribution is 4.95.